The van der Waals surface area contributed by atoms with Gasteiger partial charge in [-0.2, -0.15) is 0 Å². The Morgan fingerprint density at radius 1 is 1.03 bits per heavy atom. The van der Waals surface area contributed by atoms with Crippen LogP contribution >= 0.6 is 11.3 Å². The lowest BCUT2D eigenvalue weighted by molar-refractivity contribution is -0.139. The molecule has 1 aromatic heterocycles. The fraction of sp³-hybridized carbons (Fsp3) is 0.240. The number of nitrogens with one attached hydrogen (secondary N) is 1. The number of benzene rings is 2. The molecule has 172 valence electrons. The minimum atomic E-state index is -1.09. The van der Waals surface area contributed by atoms with Gasteiger partial charge in [0.2, 0.25) is 0 Å². The van der Waals surface area contributed by atoms with Gasteiger partial charge in [-0.3, -0.25) is 9.79 Å². The van der Waals surface area contributed by atoms with Gasteiger partial charge >= 0.3 is 5.97 Å². The Labute approximate surface area is 197 Å². The third kappa shape index (κ3) is 6.43. The van der Waals surface area contributed by atoms with Crippen molar-refractivity contribution in [3.05, 3.63) is 93.2 Å². The molecule has 0 aliphatic rings. The van der Waals surface area contributed by atoms with Crippen LogP contribution in [-0.2, 0) is 4.79 Å². The number of carbonyl (C=O) groups excluding carboxylic acids is 1. The molecule has 0 aliphatic carbocycles. The lowest BCUT2D eigenvalue weighted by Gasteiger charge is -2.18. The van der Waals surface area contributed by atoms with E-state index in [1.54, 1.807) is 0 Å². The lowest BCUT2D eigenvalue weighted by Crippen LogP contribution is -2.40. The average Bonchev–Trinajstić information content (AvgIpc) is 3.18. The molecule has 0 saturated carbocycles. The summed E-state index contributed by atoms with van der Waals surface area (Å²) >= 11 is 1.39. The molecule has 0 spiro atoms. The second kappa shape index (κ2) is 11.3. The summed E-state index contributed by atoms with van der Waals surface area (Å²) in [5.41, 5.74) is 13.8. The number of rotatable bonds is 10. The van der Waals surface area contributed by atoms with Crippen molar-refractivity contribution in [2.24, 2.45) is 16.5 Å². The van der Waals surface area contributed by atoms with E-state index in [0.29, 0.717) is 17.8 Å². The molecule has 33 heavy (non-hydrogen) atoms. The van der Waals surface area contributed by atoms with E-state index in [2.05, 4.69) is 34.6 Å². The third-order valence-electron chi connectivity index (χ3n) is 5.26. The van der Waals surface area contributed by atoms with Crippen molar-refractivity contribution in [3.8, 4) is 0 Å². The van der Waals surface area contributed by atoms with Crippen LogP contribution in [0.25, 0.3) is 0 Å². The fourth-order valence-corrected chi connectivity index (χ4v) is 4.91. The minimum absolute atomic E-state index is 0.0196. The third-order valence-corrected chi connectivity index (χ3v) is 6.56. The number of aliphatic carboxylic acids is 1. The van der Waals surface area contributed by atoms with Gasteiger partial charge in [-0.15, -0.1) is 11.3 Å². The highest BCUT2D eigenvalue weighted by Gasteiger charge is 2.25. The second-order valence-electron chi connectivity index (χ2n) is 7.73. The number of amides is 1. The van der Waals surface area contributed by atoms with E-state index in [-0.39, 0.29) is 18.3 Å². The molecule has 0 radical (unpaired) electrons. The van der Waals surface area contributed by atoms with Crippen molar-refractivity contribution in [1.29, 1.82) is 0 Å². The fourth-order valence-electron chi connectivity index (χ4n) is 3.67. The first-order chi connectivity index (χ1) is 15.9. The molecule has 0 bridgehead atoms. The topological polar surface area (TPSA) is 131 Å². The molecule has 6 N–H and O–H groups in total. The molecule has 7 nitrogen and oxygen atoms in total. The Hall–Kier alpha value is -3.65. The zero-order valence-electron chi connectivity index (χ0n) is 18.4. The molecule has 2 aromatic carbocycles. The molecule has 3 rings (SSSR count). The van der Waals surface area contributed by atoms with Gasteiger partial charge in [0.1, 0.15) is 6.04 Å². The Morgan fingerprint density at radius 3 is 2.12 bits per heavy atom. The van der Waals surface area contributed by atoms with Gasteiger partial charge in [0.05, 0.1) is 4.88 Å². The van der Waals surface area contributed by atoms with Crippen LogP contribution in [0.2, 0.25) is 0 Å². The van der Waals surface area contributed by atoms with Gasteiger partial charge in [0.15, 0.2) is 5.96 Å². The van der Waals surface area contributed by atoms with E-state index in [1.165, 1.54) is 11.3 Å². The van der Waals surface area contributed by atoms with Gasteiger partial charge in [0, 0.05) is 17.3 Å². The van der Waals surface area contributed by atoms with Gasteiger partial charge in [0.25, 0.3) is 5.91 Å². The Kier molecular flexibility index (Phi) is 8.21. The smallest absolute Gasteiger partial charge is 0.326 e. The average molecular weight is 465 g/mol. The molecule has 0 unspecified atom stereocenters. The molecular formula is C25H28N4O3S. The second-order valence-corrected chi connectivity index (χ2v) is 8.81. The number of aryl methyl sites for hydroxylation is 1. The van der Waals surface area contributed by atoms with Crippen molar-refractivity contribution >= 4 is 29.2 Å². The number of nitrogens with two attached hydrogens (primary N) is 2. The number of guanidine groups is 1. The monoisotopic (exact) mass is 464 g/mol. The van der Waals surface area contributed by atoms with E-state index >= 15 is 0 Å². The zero-order valence-corrected chi connectivity index (χ0v) is 19.2. The van der Waals surface area contributed by atoms with Crippen molar-refractivity contribution < 1.29 is 14.7 Å². The van der Waals surface area contributed by atoms with E-state index in [4.69, 9.17) is 11.5 Å². The van der Waals surface area contributed by atoms with Crippen LogP contribution < -0.4 is 16.8 Å². The summed E-state index contributed by atoms with van der Waals surface area (Å²) in [6, 6.07) is 21.1. The summed E-state index contributed by atoms with van der Waals surface area (Å²) in [7, 11) is 0. The number of nitrogens with zero attached hydrogens (tertiary/aromatic N) is 1. The highest BCUT2D eigenvalue weighted by Crippen LogP contribution is 2.38. The standard InChI is InChI=1S/C25H28N4O3S/c1-16-15-20(23(30)29-19(24(31)32)13-8-14-28-25(26)27)33-22(16)21(17-9-4-2-5-10-17)18-11-6-3-7-12-18/h2-7,9-12,15,19,21H,8,13-14H2,1H3,(H,29,30)(H,31,32)(H4,26,27,28)/t19-/m0/s1. The molecule has 1 heterocycles. The van der Waals surface area contributed by atoms with Gasteiger partial charge < -0.3 is 21.9 Å². The normalized spacial score (nSPS) is 11.7. The number of thiophene rings is 1. The van der Waals surface area contributed by atoms with Crippen LogP contribution in [0, 0.1) is 6.92 Å². The van der Waals surface area contributed by atoms with Crippen molar-refractivity contribution in [3.63, 3.8) is 0 Å². The molecule has 1 amide bonds. The summed E-state index contributed by atoms with van der Waals surface area (Å²) in [5.74, 6) is -1.55. The number of hydrogen-bond acceptors (Lipinski definition) is 4. The molecule has 0 saturated heterocycles. The summed E-state index contributed by atoms with van der Waals surface area (Å²) in [5, 5.41) is 12.2. The van der Waals surface area contributed by atoms with Crippen LogP contribution in [0.1, 0.15) is 50.0 Å². The number of aliphatic imine (C=N–C) groups is 1. The Morgan fingerprint density at radius 2 is 1.61 bits per heavy atom. The summed E-state index contributed by atoms with van der Waals surface area (Å²) in [6.45, 7) is 2.28. The first-order valence-corrected chi connectivity index (χ1v) is 11.5. The number of carboxylic acids is 1. The van der Waals surface area contributed by atoms with Crippen LogP contribution in [0.15, 0.2) is 71.7 Å². The molecule has 1 atom stereocenters. The Balaban J connectivity index is 1.83. The highest BCUT2D eigenvalue weighted by molar-refractivity contribution is 7.14. The molecule has 8 heteroatoms. The van der Waals surface area contributed by atoms with Crippen molar-refractivity contribution in [2.75, 3.05) is 6.54 Å². The van der Waals surface area contributed by atoms with Crippen LogP contribution in [-0.4, -0.2) is 35.5 Å². The van der Waals surface area contributed by atoms with Gasteiger partial charge in [-0.05, 0) is 42.5 Å². The Bertz CT molecular complexity index is 1070. The molecular weight excluding hydrogens is 436 g/mol. The maximum Gasteiger partial charge on any atom is 0.326 e. The van der Waals surface area contributed by atoms with Crippen molar-refractivity contribution in [1.82, 2.24) is 5.32 Å². The lowest BCUT2D eigenvalue weighted by atomic mass is 9.88. The van der Waals surface area contributed by atoms with E-state index in [0.717, 1.165) is 21.6 Å². The summed E-state index contributed by atoms with van der Waals surface area (Å²) in [4.78, 5) is 30.0. The largest absolute Gasteiger partial charge is 0.480 e. The molecule has 3 aromatic rings. The summed E-state index contributed by atoms with van der Waals surface area (Å²) < 4.78 is 0. The van der Waals surface area contributed by atoms with Gasteiger partial charge in [-0.25, -0.2) is 4.79 Å². The molecule has 0 fully saturated rings. The molecule has 0 aliphatic heterocycles. The van der Waals surface area contributed by atoms with Gasteiger partial charge in [-0.1, -0.05) is 60.7 Å². The van der Waals surface area contributed by atoms with E-state index in [1.807, 2.05) is 49.4 Å². The first kappa shape index (κ1) is 24.0. The predicted molar refractivity (Wildman–Crippen MR) is 132 cm³/mol. The SMILES string of the molecule is Cc1cc(C(=O)N[C@@H](CCCN=C(N)N)C(=O)O)sc1C(c1ccccc1)c1ccccc1. The van der Waals surface area contributed by atoms with E-state index in [9.17, 15) is 14.7 Å². The highest BCUT2D eigenvalue weighted by atomic mass is 32.1. The zero-order chi connectivity index (χ0) is 23.8. The van der Waals surface area contributed by atoms with Crippen LogP contribution in [0.5, 0.6) is 0 Å². The maximum atomic E-state index is 12.9. The van der Waals surface area contributed by atoms with Crippen LogP contribution in [0.4, 0.5) is 0 Å². The maximum absolute atomic E-state index is 12.9. The number of carbonyl (C=O) groups is 2. The van der Waals surface area contributed by atoms with E-state index < -0.39 is 17.9 Å². The summed E-state index contributed by atoms with van der Waals surface area (Å²) in [6.07, 6.45) is 0.666. The predicted octanol–water partition coefficient (Wildman–Crippen LogP) is 3.47. The minimum Gasteiger partial charge on any atom is -0.480 e. The van der Waals surface area contributed by atoms with Crippen molar-refractivity contribution in [2.45, 2.75) is 31.7 Å². The number of hydrogen-bond donors (Lipinski definition) is 4. The van der Waals surface area contributed by atoms with Crippen LogP contribution in [0.3, 0.4) is 0 Å². The number of carboxylic acid groups (broad SMARTS) is 1. The first-order valence-electron chi connectivity index (χ1n) is 10.7. The quantitative estimate of drug-likeness (QED) is 0.207.